The Morgan fingerprint density at radius 2 is 2.26 bits per heavy atom. The minimum absolute atomic E-state index is 0.0841. The molecule has 2 amide bonds. The maximum absolute atomic E-state index is 12.7. The standard InChI is InChI=1S/C20H30N6O/c1-5-26-10-6-7-16(19(26)17-12-22-25(4)14-17)13-24(3)20(27)23-18-8-9-21-15(2)11-18/h8-9,11-12,14,16,19H,5-7,10,13H2,1-4H3,(H,21,23,27)/t16-,19+/m0/s1. The fourth-order valence-corrected chi connectivity index (χ4v) is 4.05. The van der Waals surface area contributed by atoms with Crippen molar-refractivity contribution in [1.82, 2.24) is 24.6 Å². The van der Waals surface area contributed by atoms with Crippen molar-refractivity contribution < 1.29 is 4.79 Å². The van der Waals surface area contributed by atoms with Gasteiger partial charge in [0, 0.05) is 56.0 Å². The van der Waals surface area contributed by atoms with E-state index in [9.17, 15) is 4.79 Å². The Balaban J connectivity index is 1.70. The molecule has 2 aromatic rings. The Morgan fingerprint density at radius 1 is 1.44 bits per heavy atom. The predicted octanol–water partition coefficient (Wildman–Crippen LogP) is 3.06. The number of urea groups is 1. The molecule has 27 heavy (non-hydrogen) atoms. The lowest BCUT2D eigenvalue weighted by Gasteiger charge is -2.42. The van der Waals surface area contributed by atoms with Crippen LogP contribution in [0.15, 0.2) is 30.7 Å². The monoisotopic (exact) mass is 370 g/mol. The summed E-state index contributed by atoms with van der Waals surface area (Å²) in [5, 5.41) is 7.34. The fraction of sp³-hybridized carbons (Fsp3) is 0.550. The molecule has 7 nitrogen and oxygen atoms in total. The van der Waals surface area contributed by atoms with E-state index in [-0.39, 0.29) is 6.03 Å². The molecule has 1 N–H and O–H groups in total. The summed E-state index contributed by atoms with van der Waals surface area (Å²) in [5.41, 5.74) is 2.91. The molecule has 2 aromatic heterocycles. The van der Waals surface area contributed by atoms with Crippen molar-refractivity contribution in [3.8, 4) is 0 Å². The van der Waals surface area contributed by atoms with Gasteiger partial charge >= 0.3 is 6.03 Å². The van der Waals surface area contributed by atoms with Gasteiger partial charge in [-0.05, 0) is 50.9 Å². The van der Waals surface area contributed by atoms with Gasteiger partial charge in [0.15, 0.2) is 0 Å². The zero-order valence-electron chi connectivity index (χ0n) is 16.7. The van der Waals surface area contributed by atoms with E-state index in [1.807, 2.05) is 44.0 Å². The summed E-state index contributed by atoms with van der Waals surface area (Å²) in [5.74, 6) is 0.387. The van der Waals surface area contributed by atoms with Crippen LogP contribution in [0, 0.1) is 12.8 Å². The number of likely N-dealkylation sites (tertiary alicyclic amines) is 1. The molecular weight excluding hydrogens is 340 g/mol. The van der Waals surface area contributed by atoms with Gasteiger partial charge in [-0.25, -0.2) is 4.79 Å². The van der Waals surface area contributed by atoms with E-state index < -0.39 is 0 Å². The number of hydrogen-bond donors (Lipinski definition) is 1. The van der Waals surface area contributed by atoms with Gasteiger partial charge in [0.25, 0.3) is 0 Å². The van der Waals surface area contributed by atoms with E-state index in [2.05, 4.69) is 33.4 Å². The molecule has 0 aromatic carbocycles. The molecule has 3 heterocycles. The summed E-state index contributed by atoms with van der Waals surface area (Å²) < 4.78 is 1.86. The minimum Gasteiger partial charge on any atom is -0.327 e. The molecule has 3 rings (SSSR count). The number of carbonyl (C=O) groups excluding carboxylic acids is 1. The zero-order chi connectivity index (χ0) is 19.4. The van der Waals surface area contributed by atoms with Crippen LogP contribution in [0.3, 0.4) is 0 Å². The Morgan fingerprint density at radius 3 is 2.93 bits per heavy atom. The number of amides is 2. The van der Waals surface area contributed by atoms with Crippen molar-refractivity contribution in [2.24, 2.45) is 13.0 Å². The molecule has 7 heteroatoms. The number of pyridine rings is 1. The molecule has 1 saturated heterocycles. The van der Waals surface area contributed by atoms with Crippen LogP contribution in [-0.4, -0.2) is 57.3 Å². The van der Waals surface area contributed by atoms with Crippen LogP contribution >= 0.6 is 0 Å². The molecule has 1 fully saturated rings. The van der Waals surface area contributed by atoms with Crippen LogP contribution in [0.4, 0.5) is 10.5 Å². The highest BCUT2D eigenvalue weighted by molar-refractivity contribution is 5.89. The highest BCUT2D eigenvalue weighted by Gasteiger charge is 2.34. The molecule has 0 radical (unpaired) electrons. The number of aryl methyl sites for hydroxylation is 2. The summed E-state index contributed by atoms with van der Waals surface area (Å²) >= 11 is 0. The Hall–Kier alpha value is -2.41. The predicted molar refractivity (Wildman–Crippen MR) is 107 cm³/mol. The largest absolute Gasteiger partial charge is 0.327 e. The Kier molecular flexibility index (Phi) is 6.11. The van der Waals surface area contributed by atoms with Gasteiger partial charge < -0.3 is 10.2 Å². The van der Waals surface area contributed by atoms with E-state index in [0.717, 1.165) is 37.3 Å². The number of piperidine rings is 1. The fourth-order valence-electron chi connectivity index (χ4n) is 4.05. The average molecular weight is 371 g/mol. The molecule has 0 bridgehead atoms. The normalized spacial score (nSPS) is 20.4. The molecular formula is C20H30N6O. The maximum atomic E-state index is 12.7. The number of anilines is 1. The van der Waals surface area contributed by atoms with Gasteiger partial charge in [0.1, 0.15) is 0 Å². The highest BCUT2D eigenvalue weighted by atomic mass is 16.2. The van der Waals surface area contributed by atoms with Gasteiger partial charge in [-0.2, -0.15) is 5.10 Å². The second-order valence-electron chi connectivity index (χ2n) is 7.42. The summed E-state index contributed by atoms with van der Waals surface area (Å²) in [7, 11) is 3.82. The molecule has 146 valence electrons. The van der Waals surface area contributed by atoms with Crippen LogP contribution in [-0.2, 0) is 7.05 Å². The smallest absolute Gasteiger partial charge is 0.321 e. The lowest BCUT2D eigenvalue weighted by molar-refractivity contribution is 0.0828. The summed E-state index contributed by atoms with van der Waals surface area (Å²) in [6.07, 6.45) is 8.05. The van der Waals surface area contributed by atoms with Gasteiger partial charge in [-0.1, -0.05) is 6.92 Å². The number of rotatable bonds is 5. The molecule has 1 aliphatic rings. The molecule has 2 atom stereocenters. The second kappa shape index (κ2) is 8.52. The Bertz CT molecular complexity index is 773. The van der Waals surface area contributed by atoms with Crippen LogP contribution in [0.2, 0.25) is 0 Å². The molecule has 0 spiro atoms. The van der Waals surface area contributed by atoms with Crippen molar-refractivity contribution in [3.05, 3.63) is 42.0 Å². The van der Waals surface area contributed by atoms with Crippen LogP contribution in [0.1, 0.15) is 37.1 Å². The van der Waals surface area contributed by atoms with Crippen LogP contribution < -0.4 is 5.32 Å². The number of aromatic nitrogens is 3. The first kappa shape index (κ1) is 19.4. The van der Waals surface area contributed by atoms with Crippen molar-refractivity contribution in [2.75, 3.05) is 32.0 Å². The first-order valence-corrected chi connectivity index (χ1v) is 9.65. The van der Waals surface area contributed by atoms with Crippen molar-refractivity contribution >= 4 is 11.7 Å². The van der Waals surface area contributed by atoms with Gasteiger partial charge in [0.2, 0.25) is 0 Å². The molecule has 0 unspecified atom stereocenters. The molecule has 1 aliphatic heterocycles. The van der Waals surface area contributed by atoms with Crippen molar-refractivity contribution in [2.45, 2.75) is 32.7 Å². The van der Waals surface area contributed by atoms with E-state index in [1.54, 1.807) is 11.1 Å². The van der Waals surface area contributed by atoms with Gasteiger partial charge in [-0.3, -0.25) is 14.6 Å². The van der Waals surface area contributed by atoms with Crippen molar-refractivity contribution in [3.63, 3.8) is 0 Å². The van der Waals surface area contributed by atoms with Crippen LogP contribution in [0.5, 0.6) is 0 Å². The topological polar surface area (TPSA) is 66.3 Å². The van der Waals surface area contributed by atoms with Crippen molar-refractivity contribution in [1.29, 1.82) is 0 Å². The summed E-state index contributed by atoms with van der Waals surface area (Å²) in [6, 6.07) is 3.91. The maximum Gasteiger partial charge on any atom is 0.321 e. The quantitative estimate of drug-likeness (QED) is 0.878. The van der Waals surface area contributed by atoms with E-state index in [0.29, 0.717) is 18.5 Å². The summed E-state index contributed by atoms with van der Waals surface area (Å²) in [4.78, 5) is 21.1. The average Bonchev–Trinajstić information content (AvgIpc) is 3.07. The lowest BCUT2D eigenvalue weighted by Crippen LogP contribution is -2.44. The number of nitrogens with zero attached hydrogens (tertiary/aromatic N) is 5. The first-order valence-electron chi connectivity index (χ1n) is 9.65. The minimum atomic E-state index is -0.0841. The first-order chi connectivity index (χ1) is 13.0. The van der Waals surface area contributed by atoms with E-state index in [1.165, 1.54) is 5.56 Å². The number of hydrogen-bond acceptors (Lipinski definition) is 4. The third-order valence-electron chi connectivity index (χ3n) is 5.34. The third-order valence-corrected chi connectivity index (χ3v) is 5.34. The van der Waals surface area contributed by atoms with Gasteiger partial charge in [-0.15, -0.1) is 0 Å². The lowest BCUT2D eigenvalue weighted by atomic mass is 9.85. The molecule has 0 aliphatic carbocycles. The second-order valence-corrected chi connectivity index (χ2v) is 7.42. The molecule has 0 saturated carbocycles. The number of nitrogens with one attached hydrogen (secondary N) is 1. The Labute approximate surface area is 161 Å². The zero-order valence-corrected chi connectivity index (χ0v) is 16.7. The van der Waals surface area contributed by atoms with E-state index >= 15 is 0 Å². The highest BCUT2D eigenvalue weighted by Crippen LogP contribution is 2.36. The van der Waals surface area contributed by atoms with E-state index in [4.69, 9.17) is 0 Å². The van der Waals surface area contributed by atoms with Gasteiger partial charge in [0.05, 0.1) is 6.20 Å². The third kappa shape index (κ3) is 4.66. The SMILES string of the molecule is CCN1CCC[C@@H](CN(C)C(=O)Nc2ccnc(C)c2)[C@@H]1c1cnn(C)c1. The number of carbonyl (C=O) groups is 1. The summed E-state index contributed by atoms with van der Waals surface area (Å²) in [6.45, 7) is 6.93. The van der Waals surface area contributed by atoms with Crippen LogP contribution in [0.25, 0.3) is 0 Å².